The number of ether oxygens (including phenoxy) is 1. The molecule has 1 saturated heterocycles. The molecule has 76 valence electrons. The number of rotatable bonds is 3. The molecular formula is C11H21NO. The standard InChI is InChI=1S/C11H21NO/c1-4-6-12-9-8-5-7-13-10(8)11(9,2)3/h8-10,12H,4-7H2,1-3H3/t8-,9+,10+/m0/s1. The van der Waals surface area contributed by atoms with Crippen LogP contribution in [-0.4, -0.2) is 25.3 Å². The normalized spacial score (nSPS) is 41.3. The van der Waals surface area contributed by atoms with Crippen LogP contribution in [0.4, 0.5) is 0 Å². The minimum absolute atomic E-state index is 0.357. The van der Waals surface area contributed by atoms with Crippen LogP contribution < -0.4 is 5.32 Å². The van der Waals surface area contributed by atoms with E-state index in [1.807, 2.05) is 0 Å². The van der Waals surface area contributed by atoms with Crippen LogP contribution in [0.2, 0.25) is 0 Å². The molecule has 0 aromatic heterocycles. The van der Waals surface area contributed by atoms with Crippen LogP contribution >= 0.6 is 0 Å². The summed E-state index contributed by atoms with van der Waals surface area (Å²) >= 11 is 0. The van der Waals surface area contributed by atoms with Crippen molar-refractivity contribution in [2.75, 3.05) is 13.2 Å². The predicted octanol–water partition coefficient (Wildman–Crippen LogP) is 1.80. The zero-order valence-electron chi connectivity index (χ0n) is 8.97. The lowest BCUT2D eigenvalue weighted by molar-refractivity contribution is -0.112. The van der Waals surface area contributed by atoms with Crippen molar-refractivity contribution in [3.8, 4) is 0 Å². The summed E-state index contributed by atoms with van der Waals surface area (Å²) in [4.78, 5) is 0. The highest BCUT2D eigenvalue weighted by atomic mass is 16.5. The Morgan fingerprint density at radius 3 is 2.92 bits per heavy atom. The molecule has 1 heterocycles. The molecule has 2 fully saturated rings. The van der Waals surface area contributed by atoms with Gasteiger partial charge in [0.1, 0.15) is 0 Å². The Morgan fingerprint density at radius 2 is 2.23 bits per heavy atom. The molecule has 0 aromatic rings. The first-order chi connectivity index (χ1) is 6.18. The lowest BCUT2D eigenvalue weighted by Crippen LogP contribution is -2.65. The van der Waals surface area contributed by atoms with E-state index in [9.17, 15) is 0 Å². The van der Waals surface area contributed by atoms with Crippen LogP contribution in [0.1, 0.15) is 33.6 Å². The third-order valence-corrected chi connectivity index (χ3v) is 3.71. The zero-order valence-corrected chi connectivity index (χ0v) is 8.97. The van der Waals surface area contributed by atoms with Crippen LogP contribution in [0.3, 0.4) is 0 Å². The summed E-state index contributed by atoms with van der Waals surface area (Å²) in [6.07, 6.45) is 3.02. The number of fused-ring (bicyclic) bond motifs is 1. The maximum absolute atomic E-state index is 5.74. The van der Waals surface area contributed by atoms with Crippen molar-refractivity contribution in [1.29, 1.82) is 0 Å². The molecule has 0 aromatic carbocycles. The van der Waals surface area contributed by atoms with Gasteiger partial charge in [-0.2, -0.15) is 0 Å². The smallest absolute Gasteiger partial charge is 0.0685 e. The Morgan fingerprint density at radius 1 is 1.46 bits per heavy atom. The summed E-state index contributed by atoms with van der Waals surface area (Å²) in [5.74, 6) is 0.793. The van der Waals surface area contributed by atoms with E-state index in [2.05, 4.69) is 26.1 Å². The van der Waals surface area contributed by atoms with Gasteiger partial charge in [-0.15, -0.1) is 0 Å². The second-order valence-corrected chi connectivity index (χ2v) is 5.00. The van der Waals surface area contributed by atoms with Gasteiger partial charge in [-0.05, 0) is 19.4 Å². The van der Waals surface area contributed by atoms with Crippen molar-refractivity contribution in [3.63, 3.8) is 0 Å². The lowest BCUT2D eigenvalue weighted by Gasteiger charge is -2.55. The van der Waals surface area contributed by atoms with Gasteiger partial charge in [0, 0.05) is 24.0 Å². The van der Waals surface area contributed by atoms with E-state index >= 15 is 0 Å². The van der Waals surface area contributed by atoms with E-state index in [4.69, 9.17) is 4.74 Å². The topological polar surface area (TPSA) is 21.3 Å². The molecule has 2 rings (SSSR count). The van der Waals surface area contributed by atoms with Crippen molar-refractivity contribution in [3.05, 3.63) is 0 Å². The summed E-state index contributed by atoms with van der Waals surface area (Å²) in [5, 5.41) is 3.65. The molecule has 1 aliphatic carbocycles. The van der Waals surface area contributed by atoms with E-state index in [1.54, 1.807) is 0 Å². The van der Waals surface area contributed by atoms with Gasteiger partial charge in [0.15, 0.2) is 0 Å². The fraction of sp³-hybridized carbons (Fsp3) is 1.00. The number of nitrogens with one attached hydrogen (secondary N) is 1. The van der Waals surface area contributed by atoms with Gasteiger partial charge in [0.2, 0.25) is 0 Å². The zero-order chi connectivity index (χ0) is 9.47. The van der Waals surface area contributed by atoms with Crippen molar-refractivity contribution >= 4 is 0 Å². The van der Waals surface area contributed by atoms with Gasteiger partial charge >= 0.3 is 0 Å². The van der Waals surface area contributed by atoms with Crippen LogP contribution in [-0.2, 0) is 4.74 Å². The van der Waals surface area contributed by atoms with Gasteiger partial charge < -0.3 is 10.1 Å². The fourth-order valence-corrected chi connectivity index (χ4v) is 3.04. The first kappa shape index (κ1) is 9.47. The van der Waals surface area contributed by atoms with E-state index in [0.717, 1.165) is 19.1 Å². The molecule has 2 nitrogen and oxygen atoms in total. The molecule has 2 aliphatic rings. The minimum atomic E-state index is 0.357. The molecule has 0 unspecified atom stereocenters. The largest absolute Gasteiger partial charge is 0.377 e. The second kappa shape index (κ2) is 3.25. The van der Waals surface area contributed by atoms with Gasteiger partial charge in [-0.25, -0.2) is 0 Å². The molecule has 1 N–H and O–H groups in total. The summed E-state index contributed by atoms with van der Waals surface area (Å²) in [6.45, 7) is 9.00. The van der Waals surface area contributed by atoms with E-state index in [-0.39, 0.29) is 0 Å². The molecule has 3 atom stereocenters. The van der Waals surface area contributed by atoms with Crippen LogP contribution in [0.25, 0.3) is 0 Å². The summed E-state index contributed by atoms with van der Waals surface area (Å²) in [7, 11) is 0. The van der Waals surface area contributed by atoms with E-state index in [0.29, 0.717) is 17.6 Å². The summed E-state index contributed by atoms with van der Waals surface area (Å²) in [5.41, 5.74) is 0.357. The third kappa shape index (κ3) is 1.31. The monoisotopic (exact) mass is 183 g/mol. The summed E-state index contributed by atoms with van der Waals surface area (Å²) in [6, 6.07) is 0.694. The van der Waals surface area contributed by atoms with E-state index < -0.39 is 0 Å². The highest BCUT2D eigenvalue weighted by molar-refractivity contribution is 5.11. The van der Waals surface area contributed by atoms with Crippen molar-refractivity contribution in [2.45, 2.75) is 45.8 Å². The average molecular weight is 183 g/mol. The van der Waals surface area contributed by atoms with Crippen LogP contribution in [0.15, 0.2) is 0 Å². The van der Waals surface area contributed by atoms with Crippen LogP contribution in [0, 0.1) is 11.3 Å². The second-order valence-electron chi connectivity index (χ2n) is 5.00. The van der Waals surface area contributed by atoms with Gasteiger partial charge in [-0.3, -0.25) is 0 Å². The van der Waals surface area contributed by atoms with Crippen molar-refractivity contribution < 1.29 is 4.74 Å². The Hall–Kier alpha value is -0.0800. The fourth-order valence-electron chi connectivity index (χ4n) is 3.04. The summed E-state index contributed by atoms with van der Waals surface area (Å²) < 4.78 is 5.74. The highest BCUT2D eigenvalue weighted by Gasteiger charge is 2.58. The quantitative estimate of drug-likeness (QED) is 0.720. The predicted molar refractivity (Wildman–Crippen MR) is 53.7 cm³/mol. The van der Waals surface area contributed by atoms with Crippen molar-refractivity contribution in [1.82, 2.24) is 5.32 Å². The Labute approximate surface area is 81.0 Å². The Bertz CT molecular complexity index is 191. The maximum atomic E-state index is 5.74. The molecule has 1 saturated carbocycles. The maximum Gasteiger partial charge on any atom is 0.0685 e. The first-order valence-corrected chi connectivity index (χ1v) is 5.53. The van der Waals surface area contributed by atoms with Gasteiger partial charge in [0.05, 0.1) is 6.10 Å². The molecule has 0 spiro atoms. The Kier molecular flexibility index (Phi) is 2.37. The highest BCUT2D eigenvalue weighted by Crippen LogP contribution is 2.51. The number of hydrogen-bond acceptors (Lipinski definition) is 2. The van der Waals surface area contributed by atoms with Gasteiger partial charge in [-0.1, -0.05) is 20.8 Å². The molecule has 13 heavy (non-hydrogen) atoms. The molecule has 0 amide bonds. The third-order valence-electron chi connectivity index (χ3n) is 3.71. The Balaban J connectivity index is 1.95. The molecule has 2 heteroatoms. The van der Waals surface area contributed by atoms with Gasteiger partial charge in [0.25, 0.3) is 0 Å². The minimum Gasteiger partial charge on any atom is -0.377 e. The SMILES string of the molecule is CCCN[C@@H]1[C@@H]2CCO[C@H]2C1(C)C. The first-order valence-electron chi connectivity index (χ1n) is 5.53. The average Bonchev–Trinajstić information content (AvgIpc) is 2.51. The lowest BCUT2D eigenvalue weighted by atomic mass is 9.57. The molecule has 1 aliphatic heterocycles. The molecule has 0 radical (unpaired) electrons. The van der Waals surface area contributed by atoms with Crippen molar-refractivity contribution in [2.24, 2.45) is 11.3 Å². The molecule has 0 bridgehead atoms. The van der Waals surface area contributed by atoms with E-state index in [1.165, 1.54) is 12.8 Å². The number of hydrogen-bond donors (Lipinski definition) is 1. The molecular weight excluding hydrogens is 162 g/mol. The van der Waals surface area contributed by atoms with Crippen LogP contribution in [0.5, 0.6) is 0 Å².